The normalized spacial score (nSPS) is 11.6. The standard InChI is InChI=1S/C4H5ClN4O2/c1-10-8-3(5)2-4(6)9-11-7-2/h1H3,(H2,6,9). The molecule has 1 aromatic heterocycles. The number of rotatable bonds is 2. The van der Waals surface area contributed by atoms with E-state index < -0.39 is 0 Å². The fraction of sp³-hybridized carbons (Fsp3) is 0.250. The molecule has 11 heavy (non-hydrogen) atoms. The van der Waals surface area contributed by atoms with Crippen LogP contribution in [-0.4, -0.2) is 22.6 Å². The van der Waals surface area contributed by atoms with Crippen molar-refractivity contribution in [2.75, 3.05) is 12.8 Å². The van der Waals surface area contributed by atoms with Gasteiger partial charge in [0.1, 0.15) is 7.11 Å². The van der Waals surface area contributed by atoms with Gasteiger partial charge in [-0.3, -0.25) is 0 Å². The number of oxime groups is 1. The Morgan fingerprint density at radius 2 is 2.45 bits per heavy atom. The van der Waals surface area contributed by atoms with Crippen LogP contribution in [0.2, 0.25) is 0 Å². The molecule has 0 fully saturated rings. The van der Waals surface area contributed by atoms with Crippen molar-refractivity contribution < 1.29 is 9.47 Å². The number of hydrogen-bond donors (Lipinski definition) is 1. The fourth-order valence-electron chi connectivity index (χ4n) is 0.462. The van der Waals surface area contributed by atoms with Crippen molar-refractivity contribution in [3.63, 3.8) is 0 Å². The molecule has 0 radical (unpaired) electrons. The van der Waals surface area contributed by atoms with E-state index >= 15 is 0 Å². The molecule has 0 aliphatic heterocycles. The highest BCUT2D eigenvalue weighted by Crippen LogP contribution is 2.08. The second kappa shape index (κ2) is 3.20. The molecular weight excluding hydrogens is 172 g/mol. The van der Waals surface area contributed by atoms with Gasteiger partial charge in [0.2, 0.25) is 5.17 Å². The summed E-state index contributed by atoms with van der Waals surface area (Å²) in [4.78, 5) is 4.37. The number of nitrogens with two attached hydrogens (primary N) is 1. The van der Waals surface area contributed by atoms with Gasteiger partial charge in [0.05, 0.1) is 0 Å². The van der Waals surface area contributed by atoms with Crippen LogP contribution in [0, 0.1) is 0 Å². The molecule has 1 aromatic rings. The quantitative estimate of drug-likeness (QED) is 0.514. The van der Waals surface area contributed by atoms with Crippen LogP contribution in [-0.2, 0) is 4.84 Å². The second-order valence-corrected chi connectivity index (χ2v) is 1.92. The zero-order valence-corrected chi connectivity index (χ0v) is 6.37. The van der Waals surface area contributed by atoms with Crippen LogP contribution in [0.1, 0.15) is 5.69 Å². The first-order valence-corrected chi connectivity index (χ1v) is 2.98. The predicted molar refractivity (Wildman–Crippen MR) is 38.1 cm³/mol. The van der Waals surface area contributed by atoms with Crippen LogP contribution in [0.25, 0.3) is 0 Å². The average molecular weight is 177 g/mol. The topological polar surface area (TPSA) is 86.5 Å². The molecule has 0 atom stereocenters. The predicted octanol–water partition coefficient (Wildman–Crippen LogP) is 0.199. The van der Waals surface area contributed by atoms with Gasteiger partial charge >= 0.3 is 0 Å². The van der Waals surface area contributed by atoms with Crippen molar-refractivity contribution >= 4 is 22.6 Å². The smallest absolute Gasteiger partial charge is 0.201 e. The summed E-state index contributed by atoms with van der Waals surface area (Å²) in [5, 5.41) is 10.0. The van der Waals surface area contributed by atoms with Gasteiger partial charge in [0, 0.05) is 0 Å². The number of anilines is 1. The Bertz CT molecular complexity index is 271. The molecule has 0 aliphatic rings. The summed E-state index contributed by atoms with van der Waals surface area (Å²) in [6, 6.07) is 0. The van der Waals surface area contributed by atoms with E-state index in [4.69, 9.17) is 17.3 Å². The minimum atomic E-state index is 0.00579. The van der Waals surface area contributed by atoms with Gasteiger partial charge in [-0.1, -0.05) is 16.8 Å². The summed E-state index contributed by atoms with van der Waals surface area (Å²) >= 11 is 5.54. The van der Waals surface area contributed by atoms with Gasteiger partial charge in [0.15, 0.2) is 11.5 Å². The highest BCUT2D eigenvalue weighted by molar-refractivity contribution is 6.69. The van der Waals surface area contributed by atoms with Crippen LogP contribution < -0.4 is 5.73 Å². The molecule has 1 rings (SSSR count). The first-order valence-electron chi connectivity index (χ1n) is 2.60. The van der Waals surface area contributed by atoms with E-state index in [0.717, 1.165) is 0 Å². The second-order valence-electron chi connectivity index (χ2n) is 1.56. The minimum absolute atomic E-state index is 0.00579. The Morgan fingerprint density at radius 1 is 1.73 bits per heavy atom. The summed E-state index contributed by atoms with van der Waals surface area (Å²) in [5.74, 6) is 0.0794. The van der Waals surface area contributed by atoms with Crippen molar-refractivity contribution in [1.82, 2.24) is 10.3 Å². The highest BCUT2D eigenvalue weighted by Gasteiger charge is 2.11. The van der Waals surface area contributed by atoms with Gasteiger partial charge in [0.25, 0.3) is 0 Å². The molecule has 0 saturated carbocycles. The van der Waals surface area contributed by atoms with Crippen molar-refractivity contribution in [3.05, 3.63) is 5.69 Å². The largest absolute Gasteiger partial charge is 0.398 e. The van der Waals surface area contributed by atoms with E-state index in [9.17, 15) is 0 Å². The maximum atomic E-state index is 5.54. The third-order valence-electron chi connectivity index (χ3n) is 0.881. The lowest BCUT2D eigenvalue weighted by Crippen LogP contribution is -1.98. The Balaban J connectivity index is 2.92. The van der Waals surface area contributed by atoms with Crippen LogP contribution in [0.5, 0.6) is 0 Å². The molecule has 0 amide bonds. The number of hydrogen-bond acceptors (Lipinski definition) is 6. The van der Waals surface area contributed by atoms with Gasteiger partial charge in [-0.15, -0.1) is 0 Å². The first kappa shape index (κ1) is 7.80. The Labute approximate surface area is 66.9 Å². The molecule has 2 N–H and O–H groups in total. The SMILES string of the molecule is CON=C(Cl)c1nonc1N. The molecule has 60 valence electrons. The molecule has 0 unspecified atom stereocenters. The number of aromatic nitrogens is 2. The zero-order chi connectivity index (χ0) is 8.27. The zero-order valence-electron chi connectivity index (χ0n) is 5.61. The molecule has 6 nitrogen and oxygen atoms in total. The minimum Gasteiger partial charge on any atom is -0.398 e. The molecule has 0 saturated heterocycles. The van der Waals surface area contributed by atoms with E-state index in [0.29, 0.717) is 0 Å². The van der Waals surface area contributed by atoms with Gasteiger partial charge in [-0.2, -0.15) is 0 Å². The molecular formula is C4H5ClN4O2. The first-order chi connectivity index (χ1) is 5.25. The molecule has 0 aliphatic carbocycles. The van der Waals surface area contributed by atoms with Crippen molar-refractivity contribution in [2.45, 2.75) is 0 Å². The molecule has 0 bridgehead atoms. The summed E-state index contributed by atoms with van der Waals surface area (Å²) in [6.45, 7) is 0. The lowest BCUT2D eigenvalue weighted by atomic mass is 10.5. The van der Waals surface area contributed by atoms with Gasteiger partial charge < -0.3 is 10.6 Å². The average Bonchev–Trinajstić information content (AvgIpc) is 2.36. The number of nitrogens with zero attached hydrogens (tertiary/aromatic N) is 3. The van der Waals surface area contributed by atoms with E-state index in [-0.39, 0.29) is 16.7 Å². The van der Waals surface area contributed by atoms with Gasteiger partial charge in [-0.05, 0) is 10.3 Å². The molecule has 0 spiro atoms. The Hall–Kier alpha value is -1.30. The Kier molecular flexibility index (Phi) is 2.27. The third kappa shape index (κ3) is 1.58. The van der Waals surface area contributed by atoms with E-state index in [1.807, 2.05) is 0 Å². The Morgan fingerprint density at radius 3 is 2.91 bits per heavy atom. The van der Waals surface area contributed by atoms with Crippen LogP contribution in [0.3, 0.4) is 0 Å². The molecule has 0 aromatic carbocycles. The summed E-state index contributed by atoms with van der Waals surface area (Å²) < 4.78 is 4.27. The molecule has 7 heteroatoms. The summed E-state index contributed by atoms with van der Waals surface area (Å²) in [7, 11) is 1.35. The maximum Gasteiger partial charge on any atom is 0.201 e. The number of nitrogen functional groups attached to an aromatic ring is 1. The van der Waals surface area contributed by atoms with Crippen LogP contribution in [0.4, 0.5) is 5.82 Å². The summed E-state index contributed by atoms with van der Waals surface area (Å²) in [6.07, 6.45) is 0. The monoisotopic (exact) mass is 176 g/mol. The van der Waals surface area contributed by atoms with Gasteiger partial charge in [-0.25, -0.2) is 4.63 Å². The third-order valence-corrected chi connectivity index (χ3v) is 1.13. The highest BCUT2D eigenvalue weighted by atomic mass is 35.5. The van der Waals surface area contributed by atoms with Crippen LogP contribution >= 0.6 is 11.6 Å². The van der Waals surface area contributed by atoms with E-state index in [1.165, 1.54) is 7.11 Å². The lowest BCUT2D eigenvalue weighted by molar-refractivity contribution is 0.214. The molecule has 1 heterocycles. The van der Waals surface area contributed by atoms with Crippen molar-refractivity contribution in [3.8, 4) is 0 Å². The van der Waals surface area contributed by atoms with Crippen molar-refractivity contribution in [1.29, 1.82) is 0 Å². The van der Waals surface area contributed by atoms with Crippen LogP contribution in [0.15, 0.2) is 9.78 Å². The van der Waals surface area contributed by atoms with Crippen molar-refractivity contribution in [2.24, 2.45) is 5.16 Å². The summed E-state index contributed by atoms with van der Waals surface area (Å²) in [5.41, 5.74) is 5.46. The fourth-order valence-corrected chi connectivity index (χ4v) is 0.662. The maximum absolute atomic E-state index is 5.54. The van der Waals surface area contributed by atoms with E-state index in [2.05, 4.69) is 24.9 Å². The number of halogens is 1. The lowest BCUT2D eigenvalue weighted by Gasteiger charge is -1.89. The van der Waals surface area contributed by atoms with E-state index in [1.54, 1.807) is 0 Å².